The molecule has 0 fully saturated rings. The minimum absolute atomic E-state index is 0.0560. The molecule has 0 radical (unpaired) electrons. The Labute approximate surface area is 104 Å². The van der Waals surface area contributed by atoms with Crippen molar-refractivity contribution in [2.45, 2.75) is 13.8 Å². The zero-order chi connectivity index (χ0) is 13.3. The maximum atomic E-state index is 11.2. The summed E-state index contributed by atoms with van der Waals surface area (Å²) in [4.78, 5) is 15.0. The van der Waals surface area contributed by atoms with Crippen molar-refractivity contribution < 1.29 is 4.92 Å². The lowest BCUT2D eigenvalue weighted by molar-refractivity contribution is -0.383. The molecular weight excluding hydrogens is 232 g/mol. The van der Waals surface area contributed by atoms with Crippen LogP contribution in [0, 0.1) is 24.0 Å². The Balaban J connectivity index is 2.71. The zero-order valence-corrected chi connectivity index (χ0v) is 10.5. The van der Waals surface area contributed by atoms with Crippen molar-refractivity contribution in [3.05, 3.63) is 46.0 Å². The first kappa shape index (κ1) is 12.1. The lowest BCUT2D eigenvalue weighted by atomic mass is 10.2. The Bertz CT molecular complexity index is 604. The highest BCUT2D eigenvalue weighted by Gasteiger charge is 2.21. The van der Waals surface area contributed by atoms with Crippen LogP contribution >= 0.6 is 0 Å². The lowest BCUT2D eigenvalue weighted by Gasteiger charge is -2.09. The standard InChI is InChI=1S/C12H14N4O2/c1-8-9(2)15(7-14-8)11-6-4-5-10(13-3)12(11)16(17)18/h4-7,13H,1-3H3. The summed E-state index contributed by atoms with van der Waals surface area (Å²) in [5.74, 6) is 0. The number of benzene rings is 1. The average molecular weight is 246 g/mol. The molecule has 0 atom stereocenters. The first-order valence-corrected chi connectivity index (χ1v) is 5.52. The van der Waals surface area contributed by atoms with Crippen molar-refractivity contribution in [1.82, 2.24) is 9.55 Å². The van der Waals surface area contributed by atoms with Gasteiger partial charge in [0, 0.05) is 12.7 Å². The molecule has 0 bridgehead atoms. The monoisotopic (exact) mass is 246 g/mol. The van der Waals surface area contributed by atoms with Crippen LogP contribution in [0.3, 0.4) is 0 Å². The average Bonchev–Trinajstić information content (AvgIpc) is 2.69. The minimum atomic E-state index is -0.379. The number of nitro benzene ring substituents is 1. The largest absolute Gasteiger partial charge is 0.382 e. The number of nitrogens with one attached hydrogen (secondary N) is 1. The number of nitro groups is 1. The Kier molecular flexibility index (Phi) is 3.01. The minimum Gasteiger partial charge on any atom is -0.382 e. The third kappa shape index (κ3) is 1.81. The predicted molar refractivity (Wildman–Crippen MR) is 69.2 cm³/mol. The van der Waals surface area contributed by atoms with Crippen LogP contribution in [0.15, 0.2) is 24.5 Å². The first-order chi connectivity index (χ1) is 8.56. The molecule has 0 spiro atoms. The van der Waals surface area contributed by atoms with E-state index in [1.165, 1.54) is 0 Å². The van der Waals surface area contributed by atoms with Gasteiger partial charge in [-0.05, 0) is 26.0 Å². The van der Waals surface area contributed by atoms with Crippen LogP contribution in [0.4, 0.5) is 11.4 Å². The summed E-state index contributed by atoms with van der Waals surface area (Å²) in [6.45, 7) is 3.76. The molecule has 0 aliphatic rings. The molecule has 0 saturated heterocycles. The van der Waals surface area contributed by atoms with E-state index in [2.05, 4.69) is 10.3 Å². The third-order valence-electron chi connectivity index (χ3n) is 2.98. The van der Waals surface area contributed by atoms with Gasteiger partial charge in [0.1, 0.15) is 11.4 Å². The quantitative estimate of drug-likeness (QED) is 0.666. The second kappa shape index (κ2) is 4.48. The van der Waals surface area contributed by atoms with E-state index < -0.39 is 0 Å². The van der Waals surface area contributed by atoms with Crippen LogP contribution in [-0.4, -0.2) is 21.5 Å². The van der Waals surface area contributed by atoms with Gasteiger partial charge in [-0.15, -0.1) is 0 Å². The number of aryl methyl sites for hydroxylation is 1. The van der Waals surface area contributed by atoms with E-state index in [9.17, 15) is 10.1 Å². The molecule has 1 aromatic carbocycles. The molecule has 1 N–H and O–H groups in total. The third-order valence-corrected chi connectivity index (χ3v) is 2.98. The fourth-order valence-electron chi connectivity index (χ4n) is 1.86. The van der Waals surface area contributed by atoms with Gasteiger partial charge in [0.2, 0.25) is 0 Å². The van der Waals surface area contributed by atoms with Crippen molar-refractivity contribution in [2.24, 2.45) is 0 Å². The van der Waals surface area contributed by atoms with Gasteiger partial charge < -0.3 is 5.32 Å². The van der Waals surface area contributed by atoms with E-state index in [4.69, 9.17) is 0 Å². The summed E-state index contributed by atoms with van der Waals surface area (Å²) in [5, 5.41) is 14.1. The Hall–Kier alpha value is -2.37. The molecule has 2 rings (SSSR count). The molecule has 1 aromatic heterocycles. The SMILES string of the molecule is CNc1cccc(-n2cnc(C)c2C)c1[N+](=O)[O-]. The summed E-state index contributed by atoms with van der Waals surface area (Å²) in [7, 11) is 1.66. The molecule has 1 heterocycles. The van der Waals surface area contributed by atoms with Gasteiger partial charge in [-0.3, -0.25) is 14.7 Å². The fraction of sp³-hybridized carbons (Fsp3) is 0.250. The van der Waals surface area contributed by atoms with E-state index in [1.807, 2.05) is 13.8 Å². The van der Waals surface area contributed by atoms with E-state index in [0.29, 0.717) is 11.4 Å². The summed E-state index contributed by atoms with van der Waals surface area (Å²) in [6.07, 6.45) is 1.60. The van der Waals surface area contributed by atoms with Gasteiger partial charge in [-0.1, -0.05) is 6.07 Å². The van der Waals surface area contributed by atoms with Crippen LogP contribution in [0.5, 0.6) is 0 Å². The number of hydrogen-bond acceptors (Lipinski definition) is 4. The smallest absolute Gasteiger partial charge is 0.316 e. The highest BCUT2D eigenvalue weighted by atomic mass is 16.6. The normalized spacial score (nSPS) is 10.4. The molecule has 0 amide bonds. The summed E-state index contributed by atoms with van der Waals surface area (Å²) in [6, 6.07) is 5.18. The molecule has 0 aliphatic heterocycles. The Morgan fingerprint density at radius 3 is 2.61 bits per heavy atom. The number of nitrogens with zero attached hydrogens (tertiary/aromatic N) is 3. The van der Waals surface area contributed by atoms with E-state index in [-0.39, 0.29) is 10.6 Å². The van der Waals surface area contributed by atoms with Gasteiger partial charge in [-0.25, -0.2) is 4.98 Å². The van der Waals surface area contributed by atoms with Crippen LogP contribution < -0.4 is 5.32 Å². The maximum absolute atomic E-state index is 11.2. The second-order valence-corrected chi connectivity index (χ2v) is 3.97. The molecule has 0 unspecified atom stereocenters. The Morgan fingerprint density at radius 1 is 1.39 bits per heavy atom. The van der Waals surface area contributed by atoms with E-state index in [1.54, 1.807) is 36.1 Å². The van der Waals surface area contributed by atoms with Crippen LogP contribution in [-0.2, 0) is 0 Å². The first-order valence-electron chi connectivity index (χ1n) is 5.52. The number of rotatable bonds is 3. The summed E-state index contributed by atoms with van der Waals surface area (Å²) in [5.41, 5.74) is 2.82. The van der Waals surface area contributed by atoms with Gasteiger partial charge >= 0.3 is 5.69 Å². The summed E-state index contributed by atoms with van der Waals surface area (Å²) < 4.78 is 1.73. The summed E-state index contributed by atoms with van der Waals surface area (Å²) >= 11 is 0. The predicted octanol–water partition coefficient (Wildman–Crippen LogP) is 2.44. The van der Waals surface area contributed by atoms with Crippen molar-refractivity contribution in [1.29, 1.82) is 0 Å². The van der Waals surface area contributed by atoms with Gasteiger partial charge in [0.15, 0.2) is 0 Å². The molecule has 0 aliphatic carbocycles. The molecule has 0 saturated carbocycles. The van der Waals surface area contributed by atoms with Gasteiger partial charge in [0.05, 0.1) is 16.9 Å². The van der Waals surface area contributed by atoms with Crippen molar-refractivity contribution in [3.63, 3.8) is 0 Å². The number of imidazole rings is 1. The zero-order valence-electron chi connectivity index (χ0n) is 10.5. The van der Waals surface area contributed by atoms with Crippen molar-refractivity contribution in [3.8, 4) is 5.69 Å². The molecular formula is C12H14N4O2. The second-order valence-electron chi connectivity index (χ2n) is 3.97. The molecule has 18 heavy (non-hydrogen) atoms. The topological polar surface area (TPSA) is 73.0 Å². The molecule has 6 nitrogen and oxygen atoms in total. The molecule has 6 heteroatoms. The van der Waals surface area contributed by atoms with Crippen molar-refractivity contribution in [2.75, 3.05) is 12.4 Å². The van der Waals surface area contributed by atoms with Crippen LogP contribution in [0.2, 0.25) is 0 Å². The van der Waals surface area contributed by atoms with Crippen molar-refractivity contribution >= 4 is 11.4 Å². The lowest BCUT2D eigenvalue weighted by Crippen LogP contribution is -2.04. The molecule has 2 aromatic rings. The van der Waals surface area contributed by atoms with E-state index in [0.717, 1.165) is 11.4 Å². The fourth-order valence-corrected chi connectivity index (χ4v) is 1.86. The van der Waals surface area contributed by atoms with Gasteiger partial charge in [-0.2, -0.15) is 0 Å². The number of para-hydroxylation sites is 1. The van der Waals surface area contributed by atoms with Crippen LogP contribution in [0.25, 0.3) is 5.69 Å². The highest BCUT2D eigenvalue weighted by Crippen LogP contribution is 2.32. The highest BCUT2D eigenvalue weighted by molar-refractivity contribution is 5.71. The maximum Gasteiger partial charge on any atom is 0.316 e. The van der Waals surface area contributed by atoms with Gasteiger partial charge in [0.25, 0.3) is 0 Å². The molecule has 94 valence electrons. The Morgan fingerprint density at radius 2 is 2.11 bits per heavy atom. The number of aromatic nitrogens is 2. The van der Waals surface area contributed by atoms with E-state index >= 15 is 0 Å². The number of hydrogen-bond donors (Lipinski definition) is 1. The number of anilines is 1. The van der Waals surface area contributed by atoms with Crippen LogP contribution in [0.1, 0.15) is 11.4 Å².